The largest absolute Gasteiger partial charge is 0.356 e. The summed E-state index contributed by atoms with van der Waals surface area (Å²) >= 11 is 0. The molecule has 0 saturated carbocycles. The smallest absolute Gasteiger partial charge is 0.191 e. The topological polar surface area (TPSA) is 52.6 Å². The number of guanidine groups is 1. The molecule has 0 aliphatic carbocycles. The Bertz CT molecular complexity index is 515. The van der Waals surface area contributed by atoms with Crippen LogP contribution >= 0.6 is 0 Å². The van der Waals surface area contributed by atoms with Gasteiger partial charge in [0.25, 0.3) is 0 Å². The highest BCUT2D eigenvalue weighted by Gasteiger charge is 2.27. The monoisotopic (exact) mass is 331 g/mol. The summed E-state index contributed by atoms with van der Waals surface area (Å²) in [6, 6.07) is 4.20. The zero-order chi connectivity index (χ0) is 17.4. The third-order valence-corrected chi connectivity index (χ3v) is 4.80. The summed E-state index contributed by atoms with van der Waals surface area (Å²) in [6.45, 7) is 10.8. The Balaban J connectivity index is 1.74. The van der Waals surface area contributed by atoms with Crippen molar-refractivity contribution in [3.63, 3.8) is 0 Å². The molecule has 1 aliphatic rings. The van der Waals surface area contributed by atoms with Crippen LogP contribution in [0.15, 0.2) is 23.3 Å². The zero-order valence-electron chi connectivity index (χ0n) is 15.7. The molecule has 1 saturated heterocycles. The van der Waals surface area contributed by atoms with E-state index in [2.05, 4.69) is 51.5 Å². The molecular weight excluding hydrogens is 298 g/mol. The van der Waals surface area contributed by atoms with E-state index in [9.17, 15) is 0 Å². The number of hydrogen-bond donors (Lipinski definition) is 2. The van der Waals surface area contributed by atoms with E-state index in [1.807, 2.05) is 20.2 Å². The van der Waals surface area contributed by atoms with Crippen molar-refractivity contribution in [1.29, 1.82) is 0 Å². The lowest BCUT2D eigenvalue weighted by Crippen LogP contribution is -2.55. The molecule has 2 rings (SSSR count). The van der Waals surface area contributed by atoms with E-state index in [1.54, 1.807) is 0 Å². The first kappa shape index (κ1) is 18.7. The van der Waals surface area contributed by atoms with Gasteiger partial charge in [-0.25, -0.2) is 0 Å². The van der Waals surface area contributed by atoms with Crippen molar-refractivity contribution in [3.8, 4) is 0 Å². The van der Waals surface area contributed by atoms with Crippen molar-refractivity contribution in [2.24, 2.45) is 4.99 Å². The molecule has 0 bridgehead atoms. The second kappa shape index (κ2) is 9.02. The first-order valence-corrected chi connectivity index (χ1v) is 9.12. The maximum Gasteiger partial charge on any atom is 0.191 e. The lowest BCUT2D eigenvalue weighted by Gasteiger charge is -2.41. The van der Waals surface area contributed by atoms with E-state index in [4.69, 9.17) is 0 Å². The van der Waals surface area contributed by atoms with Gasteiger partial charge in [0.05, 0.1) is 0 Å². The molecule has 5 heteroatoms. The van der Waals surface area contributed by atoms with Crippen molar-refractivity contribution in [2.75, 3.05) is 33.2 Å². The maximum absolute atomic E-state index is 4.34. The number of rotatable bonds is 6. The number of nitrogens with one attached hydrogen (secondary N) is 2. The van der Waals surface area contributed by atoms with Gasteiger partial charge >= 0.3 is 0 Å². The number of aromatic nitrogens is 1. The van der Waals surface area contributed by atoms with E-state index < -0.39 is 0 Å². The highest BCUT2D eigenvalue weighted by molar-refractivity contribution is 5.79. The van der Waals surface area contributed by atoms with Crippen molar-refractivity contribution >= 4 is 5.96 Å². The van der Waals surface area contributed by atoms with Gasteiger partial charge in [0.15, 0.2) is 5.96 Å². The zero-order valence-corrected chi connectivity index (χ0v) is 15.7. The van der Waals surface area contributed by atoms with Crippen LogP contribution in [0.1, 0.15) is 44.4 Å². The fourth-order valence-electron chi connectivity index (χ4n) is 3.10. The van der Waals surface area contributed by atoms with Gasteiger partial charge < -0.3 is 10.6 Å². The molecule has 0 aromatic carbocycles. The fourth-order valence-corrected chi connectivity index (χ4v) is 3.10. The highest BCUT2D eigenvalue weighted by Crippen LogP contribution is 2.19. The lowest BCUT2D eigenvalue weighted by molar-refractivity contribution is 0.0982. The molecule has 5 nitrogen and oxygen atoms in total. The molecule has 0 unspecified atom stereocenters. The van der Waals surface area contributed by atoms with Crippen LogP contribution < -0.4 is 10.6 Å². The molecule has 24 heavy (non-hydrogen) atoms. The SMILES string of the molecule is CN=C(NCCc1ccc(C)nc1)NCC(C)(C)N1CCCCC1. The van der Waals surface area contributed by atoms with Gasteiger partial charge in [0.1, 0.15) is 0 Å². The number of pyridine rings is 1. The minimum absolute atomic E-state index is 0.152. The van der Waals surface area contributed by atoms with Gasteiger partial charge in [-0.2, -0.15) is 0 Å². The number of nitrogens with zero attached hydrogens (tertiary/aromatic N) is 3. The minimum Gasteiger partial charge on any atom is -0.356 e. The third-order valence-electron chi connectivity index (χ3n) is 4.80. The molecule has 1 aromatic rings. The van der Waals surface area contributed by atoms with E-state index in [-0.39, 0.29) is 5.54 Å². The van der Waals surface area contributed by atoms with E-state index in [0.717, 1.165) is 31.2 Å². The van der Waals surface area contributed by atoms with Crippen molar-refractivity contribution in [2.45, 2.75) is 52.0 Å². The average Bonchev–Trinajstić information content (AvgIpc) is 2.60. The number of aliphatic imine (C=N–C) groups is 1. The Kier molecular flexibility index (Phi) is 7.03. The van der Waals surface area contributed by atoms with Crippen LogP contribution in [-0.2, 0) is 6.42 Å². The Morgan fingerprint density at radius 1 is 1.21 bits per heavy atom. The lowest BCUT2D eigenvalue weighted by atomic mass is 9.98. The van der Waals surface area contributed by atoms with Crippen LogP contribution in [0, 0.1) is 6.92 Å². The minimum atomic E-state index is 0.152. The van der Waals surface area contributed by atoms with Crippen LogP contribution in [-0.4, -0.2) is 54.6 Å². The summed E-state index contributed by atoms with van der Waals surface area (Å²) in [6.07, 6.45) is 6.91. The molecular formula is C19H33N5. The predicted octanol–water partition coefficient (Wildman–Crippen LogP) is 2.36. The standard InChI is InChI=1S/C19H33N5/c1-16-8-9-17(14-22-16)10-11-21-18(20-4)23-15-19(2,3)24-12-6-5-7-13-24/h8-9,14H,5-7,10-13,15H2,1-4H3,(H2,20,21,23). The van der Waals surface area contributed by atoms with E-state index in [0.29, 0.717) is 0 Å². The van der Waals surface area contributed by atoms with Crippen LogP contribution in [0.2, 0.25) is 0 Å². The molecule has 0 radical (unpaired) electrons. The maximum atomic E-state index is 4.34. The summed E-state index contributed by atoms with van der Waals surface area (Å²) in [4.78, 5) is 11.3. The molecule has 2 N–H and O–H groups in total. The fraction of sp³-hybridized carbons (Fsp3) is 0.684. The Hall–Kier alpha value is -1.62. The number of likely N-dealkylation sites (tertiary alicyclic amines) is 1. The van der Waals surface area contributed by atoms with Gasteiger partial charge in [0, 0.05) is 37.6 Å². The summed E-state index contributed by atoms with van der Waals surface area (Å²) in [7, 11) is 1.83. The van der Waals surface area contributed by atoms with Gasteiger partial charge in [-0.05, 0) is 64.8 Å². The number of aryl methyl sites for hydroxylation is 1. The second-order valence-electron chi connectivity index (χ2n) is 7.27. The second-order valence-corrected chi connectivity index (χ2v) is 7.27. The van der Waals surface area contributed by atoms with Gasteiger partial charge in [-0.1, -0.05) is 12.5 Å². The van der Waals surface area contributed by atoms with Crippen molar-refractivity contribution in [3.05, 3.63) is 29.6 Å². The first-order chi connectivity index (χ1) is 11.5. The molecule has 0 amide bonds. The Labute approximate surface area is 147 Å². The number of hydrogen-bond acceptors (Lipinski definition) is 3. The van der Waals surface area contributed by atoms with Gasteiger partial charge in [-0.15, -0.1) is 0 Å². The van der Waals surface area contributed by atoms with Crippen LogP contribution in [0.5, 0.6) is 0 Å². The molecule has 0 atom stereocenters. The highest BCUT2D eigenvalue weighted by atomic mass is 15.2. The summed E-state index contributed by atoms with van der Waals surface area (Å²) < 4.78 is 0. The molecule has 2 heterocycles. The van der Waals surface area contributed by atoms with Crippen LogP contribution in [0.25, 0.3) is 0 Å². The normalized spacial score (nSPS) is 16.9. The predicted molar refractivity (Wildman–Crippen MR) is 102 cm³/mol. The van der Waals surface area contributed by atoms with E-state index in [1.165, 1.54) is 37.9 Å². The Morgan fingerprint density at radius 3 is 2.58 bits per heavy atom. The molecule has 1 aromatic heterocycles. The molecule has 0 spiro atoms. The third kappa shape index (κ3) is 5.78. The Morgan fingerprint density at radius 2 is 1.96 bits per heavy atom. The van der Waals surface area contributed by atoms with Gasteiger partial charge in [-0.3, -0.25) is 14.9 Å². The number of piperidine rings is 1. The average molecular weight is 332 g/mol. The van der Waals surface area contributed by atoms with Crippen molar-refractivity contribution < 1.29 is 0 Å². The van der Waals surface area contributed by atoms with Crippen LogP contribution in [0.3, 0.4) is 0 Å². The van der Waals surface area contributed by atoms with E-state index >= 15 is 0 Å². The van der Waals surface area contributed by atoms with Crippen molar-refractivity contribution in [1.82, 2.24) is 20.5 Å². The first-order valence-electron chi connectivity index (χ1n) is 9.12. The van der Waals surface area contributed by atoms with Gasteiger partial charge in [0.2, 0.25) is 0 Å². The summed E-state index contributed by atoms with van der Waals surface area (Å²) in [5.74, 6) is 0.875. The van der Waals surface area contributed by atoms with Crippen LogP contribution in [0.4, 0.5) is 0 Å². The molecule has 1 fully saturated rings. The summed E-state index contributed by atoms with van der Waals surface area (Å²) in [5, 5.41) is 6.88. The molecule has 1 aliphatic heterocycles. The quantitative estimate of drug-likeness (QED) is 0.621. The summed E-state index contributed by atoms with van der Waals surface area (Å²) in [5.41, 5.74) is 2.46. The molecule has 134 valence electrons.